The van der Waals surface area contributed by atoms with E-state index in [0.717, 1.165) is 39.5 Å². The second kappa shape index (κ2) is 10.2. The highest BCUT2D eigenvalue weighted by Gasteiger charge is 2.19. The Labute approximate surface area is 262 Å². The van der Waals surface area contributed by atoms with Crippen LogP contribution in [0.15, 0.2) is 146 Å². The van der Waals surface area contributed by atoms with Gasteiger partial charge in [-0.15, -0.1) is 22.7 Å². The normalized spacial score (nSPS) is 11.6. The number of aromatic nitrogens is 2. The number of benzene rings is 6. The minimum atomic E-state index is 0.743. The lowest BCUT2D eigenvalue weighted by atomic mass is 9.96. The first kappa shape index (κ1) is 25.3. The van der Waals surface area contributed by atoms with Crippen LogP contribution in [0.3, 0.4) is 0 Å². The quantitative estimate of drug-likeness (QED) is 0.202. The van der Waals surface area contributed by atoms with Gasteiger partial charge in [0.05, 0.1) is 11.4 Å². The Bertz CT molecular complexity index is 2510. The molecule has 0 N–H and O–H groups in total. The first-order valence-corrected chi connectivity index (χ1v) is 16.3. The van der Waals surface area contributed by atoms with Crippen molar-refractivity contribution in [3.63, 3.8) is 0 Å². The van der Waals surface area contributed by atoms with Crippen molar-refractivity contribution in [2.24, 2.45) is 0 Å². The van der Waals surface area contributed by atoms with Gasteiger partial charge in [0.1, 0.15) is 0 Å². The fourth-order valence-electron chi connectivity index (χ4n) is 6.33. The Kier molecular flexibility index (Phi) is 5.90. The highest BCUT2D eigenvalue weighted by molar-refractivity contribution is 7.26. The van der Waals surface area contributed by atoms with Crippen LogP contribution in [0.2, 0.25) is 0 Å². The fraction of sp³-hybridized carbons (Fsp3) is 0. The highest BCUT2D eigenvalue weighted by atomic mass is 32.1. The molecule has 0 aliphatic rings. The van der Waals surface area contributed by atoms with Crippen molar-refractivity contribution in [2.45, 2.75) is 0 Å². The topological polar surface area (TPSA) is 25.8 Å². The van der Waals surface area contributed by atoms with Crippen molar-refractivity contribution in [3.8, 4) is 45.0 Å². The minimum Gasteiger partial charge on any atom is -0.228 e. The molecule has 0 saturated heterocycles. The molecule has 0 atom stereocenters. The predicted octanol–water partition coefficient (Wildman–Crippen LogP) is 11.9. The molecule has 3 heterocycles. The molecule has 3 aromatic heterocycles. The summed E-state index contributed by atoms with van der Waals surface area (Å²) in [5.41, 5.74) is 7.46. The smallest absolute Gasteiger partial charge is 0.161 e. The van der Waals surface area contributed by atoms with Crippen LogP contribution in [0.5, 0.6) is 0 Å². The molecule has 2 nitrogen and oxygen atoms in total. The molecule has 0 amide bonds. The van der Waals surface area contributed by atoms with E-state index in [2.05, 4.69) is 146 Å². The molecule has 0 aliphatic heterocycles. The molecule has 0 spiro atoms. The number of nitrogens with zero attached hydrogens (tertiary/aromatic N) is 2. The maximum Gasteiger partial charge on any atom is 0.161 e. The average Bonchev–Trinajstić information content (AvgIpc) is 3.67. The van der Waals surface area contributed by atoms with E-state index in [-0.39, 0.29) is 0 Å². The summed E-state index contributed by atoms with van der Waals surface area (Å²) >= 11 is 3.66. The minimum absolute atomic E-state index is 0.743. The number of hydrogen-bond donors (Lipinski definition) is 0. The summed E-state index contributed by atoms with van der Waals surface area (Å²) < 4.78 is 5.06. The molecule has 0 unspecified atom stereocenters. The van der Waals surface area contributed by atoms with Gasteiger partial charge in [-0.2, -0.15) is 0 Å². The lowest BCUT2D eigenvalue weighted by Gasteiger charge is -2.14. The van der Waals surface area contributed by atoms with Crippen molar-refractivity contribution in [2.75, 3.05) is 0 Å². The van der Waals surface area contributed by atoms with Gasteiger partial charge in [-0.3, -0.25) is 0 Å². The molecule has 9 rings (SSSR count). The van der Waals surface area contributed by atoms with Crippen molar-refractivity contribution < 1.29 is 0 Å². The summed E-state index contributed by atoms with van der Waals surface area (Å²) in [6.45, 7) is 0. The molecule has 44 heavy (non-hydrogen) atoms. The van der Waals surface area contributed by atoms with Crippen LogP contribution < -0.4 is 0 Å². The van der Waals surface area contributed by atoms with Gasteiger partial charge in [0.2, 0.25) is 0 Å². The van der Waals surface area contributed by atoms with Crippen molar-refractivity contribution in [3.05, 3.63) is 146 Å². The zero-order valence-electron chi connectivity index (χ0n) is 23.6. The number of hydrogen-bond acceptors (Lipinski definition) is 4. The second-order valence-corrected chi connectivity index (χ2v) is 13.1. The Morgan fingerprint density at radius 3 is 1.80 bits per heavy atom. The molecule has 0 fully saturated rings. The van der Waals surface area contributed by atoms with Gasteiger partial charge >= 0.3 is 0 Å². The van der Waals surface area contributed by atoms with Gasteiger partial charge < -0.3 is 0 Å². The largest absolute Gasteiger partial charge is 0.228 e. The summed E-state index contributed by atoms with van der Waals surface area (Å²) in [5.74, 6) is 0.743. The Morgan fingerprint density at radius 2 is 0.955 bits per heavy atom. The van der Waals surface area contributed by atoms with Crippen LogP contribution in [-0.2, 0) is 0 Å². The third kappa shape index (κ3) is 4.07. The standard InChI is InChI=1S/C40H24N2S2/c1-2-12-25(13-3-1)26-14-4-5-15-27(26)33-24-34(30-19-10-18-29-28-16-6-8-21-35(28)44-39(29)30)42-40(41-33)32-20-11-23-37-38(32)31-17-7-9-22-36(31)43-37/h1-24H. The molecule has 0 aliphatic carbocycles. The summed E-state index contributed by atoms with van der Waals surface area (Å²) in [4.78, 5) is 10.7. The highest BCUT2D eigenvalue weighted by Crippen LogP contribution is 2.43. The first-order valence-electron chi connectivity index (χ1n) is 14.7. The van der Waals surface area contributed by atoms with Crippen molar-refractivity contribution in [1.82, 2.24) is 9.97 Å². The number of thiophene rings is 2. The Morgan fingerprint density at radius 1 is 0.386 bits per heavy atom. The average molecular weight is 597 g/mol. The molecule has 6 aromatic carbocycles. The van der Waals surface area contributed by atoms with E-state index in [1.807, 2.05) is 22.7 Å². The van der Waals surface area contributed by atoms with Crippen LogP contribution in [0.25, 0.3) is 85.4 Å². The van der Waals surface area contributed by atoms with E-state index >= 15 is 0 Å². The van der Waals surface area contributed by atoms with Crippen LogP contribution in [0, 0.1) is 0 Å². The summed E-state index contributed by atoms with van der Waals surface area (Å²) in [6, 6.07) is 51.7. The summed E-state index contributed by atoms with van der Waals surface area (Å²) in [7, 11) is 0. The fourth-order valence-corrected chi connectivity index (χ4v) is 8.69. The Hall–Kier alpha value is -5.16. The molecular weight excluding hydrogens is 573 g/mol. The second-order valence-electron chi connectivity index (χ2n) is 10.9. The van der Waals surface area contributed by atoms with Gasteiger partial charge in [0.25, 0.3) is 0 Å². The van der Waals surface area contributed by atoms with E-state index in [1.165, 1.54) is 45.9 Å². The predicted molar refractivity (Wildman–Crippen MR) is 190 cm³/mol. The van der Waals surface area contributed by atoms with Gasteiger partial charge in [0, 0.05) is 57.0 Å². The van der Waals surface area contributed by atoms with Crippen LogP contribution >= 0.6 is 22.7 Å². The lowest BCUT2D eigenvalue weighted by molar-refractivity contribution is 1.19. The zero-order valence-corrected chi connectivity index (χ0v) is 25.2. The summed E-state index contributed by atoms with van der Waals surface area (Å²) in [5, 5.41) is 5.01. The Balaban J connectivity index is 1.36. The molecule has 9 aromatic rings. The maximum atomic E-state index is 5.36. The number of fused-ring (bicyclic) bond motifs is 6. The van der Waals surface area contributed by atoms with E-state index in [9.17, 15) is 0 Å². The SMILES string of the molecule is c1ccc(-c2ccccc2-c2cc(-c3cccc4c3sc3ccccc34)nc(-c3cccc4sc5ccccc5c34)n2)cc1. The van der Waals surface area contributed by atoms with E-state index in [4.69, 9.17) is 9.97 Å². The van der Waals surface area contributed by atoms with Crippen LogP contribution in [0.1, 0.15) is 0 Å². The van der Waals surface area contributed by atoms with Crippen molar-refractivity contribution >= 4 is 63.0 Å². The monoisotopic (exact) mass is 596 g/mol. The van der Waals surface area contributed by atoms with E-state index < -0.39 is 0 Å². The van der Waals surface area contributed by atoms with Gasteiger partial charge in [-0.25, -0.2) is 9.97 Å². The molecule has 0 saturated carbocycles. The molecule has 0 bridgehead atoms. The van der Waals surface area contributed by atoms with E-state index in [0.29, 0.717) is 0 Å². The molecule has 4 heteroatoms. The van der Waals surface area contributed by atoms with E-state index in [1.54, 1.807) is 0 Å². The molecular formula is C40H24N2S2. The third-order valence-corrected chi connectivity index (χ3v) is 10.7. The van der Waals surface area contributed by atoms with Gasteiger partial charge in [-0.1, -0.05) is 121 Å². The maximum absolute atomic E-state index is 5.36. The van der Waals surface area contributed by atoms with Crippen LogP contribution in [-0.4, -0.2) is 9.97 Å². The van der Waals surface area contributed by atoms with Crippen molar-refractivity contribution in [1.29, 1.82) is 0 Å². The lowest BCUT2D eigenvalue weighted by Crippen LogP contribution is -1.97. The molecule has 206 valence electrons. The van der Waals surface area contributed by atoms with Gasteiger partial charge in [0.15, 0.2) is 5.82 Å². The summed E-state index contributed by atoms with van der Waals surface area (Å²) in [6.07, 6.45) is 0. The van der Waals surface area contributed by atoms with Gasteiger partial charge in [-0.05, 0) is 35.4 Å². The number of rotatable bonds is 4. The van der Waals surface area contributed by atoms with Crippen LogP contribution in [0.4, 0.5) is 0 Å². The third-order valence-electron chi connectivity index (χ3n) is 8.34. The molecule has 0 radical (unpaired) electrons. The first-order chi connectivity index (χ1) is 21.8. The zero-order chi connectivity index (χ0) is 29.0.